The van der Waals surface area contributed by atoms with Gasteiger partial charge in [-0.2, -0.15) is 0 Å². The SMILES string of the molecule is CCOC(=O)C1=C(C)N=c2s/c(=C\c3c4ccccc4cc4ccccc34)c(=O)n2C1c1cccs1. The summed E-state index contributed by atoms with van der Waals surface area (Å²) in [6.45, 7) is 3.84. The van der Waals surface area contributed by atoms with Crippen molar-refractivity contribution in [1.29, 1.82) is 0 Å². The minimum Gasteiger partial charge on any atom is -0.463 e. The lowest BCUT2D eigenvalue weighted by Crippen LogP contribution is -2.39. The molecular formula is C29H22N2O3S2. The number of allylic oxidation sites excluding steroid dienone is 1. The number of rotatable bonds is 4. The van der Waals surface area contributed by atoms with Gasteiger partial charge in [0.05, 0.1) is 22.4 Å². The van der Waals surface area contributed by atoms with Crippen molar-refractivity contribution < 1.29 is 9.53 Å². The van der Waals surface area contributed by atoms with Crippen LogP contribution in [0.15, 0.2) is 93.2 Å². The number of fused-ring (bicyclic) bond motifs is 3. The Morgan fingerprint density at radius 2 is 1.75 bits per heavy atom. The van der Waals surface area contributed by atoms with Crippen molar-refractivity contribution in [2.45, 2.75) is 19.9 Å². The Bertz CT molecular complexity index is 1810. The first kappa shape index (κ1) is 22.6. The highest BCUT2D eigenvalue weighted by atomic mass is 32.1. The summed E-state index contributed by atoms with van der Waals surface area (Å²) in [5.74, 6) is -0.438. The highest BCUT2D eigenvalue weighted by molar-refractivity contribution is 7.10. The molecule has 0 saturated carbocycles. The summed E-state index contributed by atoms with van der Waals surface area (Å²) in [6.07, 6.45) is 1.98. The third kappa shape index (κ3) is 3.63. The lowest BCUT2D eigenvalue weighted by atomic mass is 9.96. The van der Waals surface area contributed by atoms with Gasteiger partial charge in [0.15, 0.2) is 4.80 Å². The number of hydrogen-bond donors (Lipinski definition) is 0. The van der Waals surface area contributed by atoms with Crippen LogP contribution in [0.4, 0.5) is 0 Å². The Labute approximate surface area is 214 Å². The molecule has 0 fully saturated rings. The number of aromatic nitrogens is 1. The van der Waals surface area contributed by atoms with E-state index in [2.05, 4.69) is 35.3 Å². The summed E-state index contributed by atoms with van der Waals surface area (Å²) in [5.41, 5.74) is 1.83. The zero-order chi connectivity index (χ0) is 24.8. The summed E-state index contributed by atoms with van der Waals surface area (Å²) < 4.78 is 7.59. The quantitative estimate of drug-likeness (QED) is 0.248. The summed E-state index contributed by atoms with van der Waals surface area (Å²) in [5, 5.41) is 6.35. The van der Waals surface area contributed by atoms with Crippen LogP contribution >= 0.6 is 22.7 Å². The van der Waals surface area contributed by atoms with E-state index in [-0.39, 0.29) is 12.2 Å². The lowest BCUT2D eigenvalue weighted by molar-refractivity contribution is -0.139. The molecule has 3 heterocycles. The molecule has 3 aromatic carbocycles. The van der Waals surface area contributed by atoms with Crippen molar-refractivity contribution in [3.63, 3.8) is 0 Å². The molecule has 36 heavy (non-hydrogen) atoms. The minimum atomic E-state index is -0.563. The number of hydrogen-bond acceptors (Lipinski definition) is 6. The maximum Gasteiger partial charge on any atom is 0.338 e. The Hall–Kier alpha value is -3.81. The van der Waals surface area contributed by atoms with E-state index in [1.807, 2.05) is 54.8 Å². The molecule has 1 aliphatic rings. The molecule has 6 rings (SSSR count). The number of benzene rings is 3. The molecule has 1 unspecified atom stereocenters. The van der Waals surface area contributed by atoms with E-state index in [9.17, 15) is 9.59 Å². The predicted octanol–water partition coefficient (Wildman–Crippen LogP) is 5.17. The highest BCUT2D eigenvalue weighted by Gasteiger charge is 2.33. The average Bonchev–Trinajstić information content (AvgIpc) is 3.52. The molecule has 5 aromatic rings. The summed E-state index contributed by atoms with van der Waals surface area (Å²) in [6, 6.07) is 21.9. The van der Waals surface area contributed by atoms with Crippen LogP contribution in [0.25, 0.3) is 27.6 Å². The number of esters is 1. The van der Waals surface area contributed by atoms with Crippen LogP contribution in [-0.2, 0) is 9.53 Å². The number of nitrogens with zero attached hydrogens (tertiary/aromatic N) is 2. The molecule has 0 radical (unpaired) electrons. The number of ether oxygens (including phenoxy) is 1. The topological polar surface area (TPSA) is 60.7 Å². The van der Waals surface area contributed by atoms with E-state index in [1.165, 1.54) is 22.7 Å². The first-order valence-corrected chi connectivity index (χ1v) is 13.4. The molecule has 0 aliphatic carbocycles. The molecule has 0 saturated heterocycles. The van der Waals surface area contributed by atoms with Crippen molar-refractivity contribution in [3.05, 3.63) is 114 Å². The second-order valence-corrected chi connectivity index (χ2v) is 10.5. The van der Waals surface area contributed by atoms with Gasteiger partial charge in [0.2, 0.25) is 0 Å². The van der Waals surface area contributed by atoms with E-state index >= 15 is 0 Å². The van der Waals surface area contributed by atoms with E-state index in [0.29, 0.717) is 20.6 Å². The summed E-state index contributed by atoms with van der Waals surface area (Å²) in [7, 11) is 0. The van der Waals surface area contributed by atoms with Crippen LogP contribution in [0, 0.1) is 0 Å². The maximum absolute atomic E-state index is 13.9. The smallest absolute Gasteiger partial charge is 0.338 e. The van der Waals surface area contributed by atoms with Crippen LogP contribution in [-0.4, -0.2) is 17.1 Å². The van der Waals surface area contributed by atoms with Gasteiger partial charge < -0.3 is 4.74 Å². The molecule has 0 amide bonds. The van der Waals surface area contributed by atoms with Gasteiger partial charge in [-0.15, -0.1) is 11.3 Å². The van der Waals surface area contributed by atoms with Crippen molar-refractivity contribution in [3.8, 4) is 0 Å². The molecule has 2 aromatic heterocycles. The third-order valence-corrected chi connectivity index (χ3v) is 8.33. The van der Waals surface area contributed by atoms with E-state index in [0.717, 1.165) is 32.0 Å². The monoisotopic (exact) mass is 510 g/mol. The Kier molecular flexibility index (Phi) is 5.66. The third-order valence-electron chi connectivity index (χ3n) is 6.42. The first-order chi connectivity index (χ1) is 17.6. The zero-order valence-electron chi connectivity index (χ0n) is 19.7. The van der Waals surface area contributed by atoms with Crippen LogP contribution in [0.1, 0.15) is 30.3 Å². The van der Waals surface area contributed by atoms with Crippen molar-refractivity contribution in [2.24, 2.45) is 4.99 Å². The number of thiophene rings is 1. The fraction of sp³-hybridized carbons (Fsp3) is 0.138. The standard InChI is InChI=1S/C29H22N2O3S2/c1-3-34-28(33)25-17(2)30-29-31(26(25)23-13-8-14-35-23)27(32)24(36-29)16-22-20-11-6-4-9-18(20)15-19-10-5-7-12-21(19)22/h4-16,26H,3H2,1-2H3/b24-16-. The Morgan fingerprint density at radius 1 is 1.06 bits per heavy atom. The predicted molar refractivity (Wildman–Crippen MR) is 146 cm³/mol. The minimum absolute atomic E-state index is 0.163. The van der Waals surface area contributed by atoms with Gasteiger partial charge in [0.25, 0.3) is 5.56 Å². The van der Waals surface area contributed by atoms with Crippen molar-refractivity contribution >= 4 is 56.3 Å². The van der Waals surface area contributed by atoms with E-state index < -0.39 is 12.0 Å². The molecule has 1 atom stereocenters. The van der Waals surface area contributed by atoms with Crippen molar-refractivity contribution in [2.75, 3.05) is 6.61 Å². The van der Waals surface area contributed by atoms with Gasteiger partial charge in [0.1, 0.15) is 6.04 Å². The van der Waals surface area contributed by atoms with Crippen LogP contribution in [0.5, 0.6) is 0 Å². The van der Waals surface area contributed by atoms with Gasteiger partial charge in [-0.05, 0) is 64.5 Å². The van der Waals surface area contributed by atoms with Gasteiger partial charge in [-0.3, -0.25) is 9.36 Å². The average molecular weight is 511 g/mol. The molecule has 1 aliphatic heterocycles. The van der Waals surface area contributed by atoms with Crippen molar-refractivity contribution in [1.82, 2.24) is 4.57 Å². The molecule has 0 bridgehead atoms. The molecular weight excluding hydrogens is 488 g/mol. The maximum atomic E-state index is 13.9. The molecule has 7 heteroatoms. The van der Waals surface area contributed by atoms with Crippen LogP contribution in [0.2, 0.25) is 0 Å². The lowest BCUT2D eigenvalue weighted by Gasteiger charge is -2.23. The Balaban J connectivity index is 1.64. The summed E-state index contributed by atoms with van der Waals surface area (Å²) >= 11 is 2.86. The first-order valence-electron chi connectivity index (χ1n) is 11.7. The molecule has 0 N–H and O–H groups in total. The number of carbonyl (C=O) groups is 1. The second-order valence-electron chi connectivity index (χ2n) is 8.55. The van der Waals surface area contributed by atoms with Gasteiger partial charge >= 0.3 is 5.97 Å². The van der Waals surface area contributed by atoms with Crippen LogP contribution < -0.4 is 14.9 Å². The largest absolute Gasteiger partial charge is 0.463 e. The number of carbonyl (C=O) groups excluding carboxylic acids is 1. The molecule has 178 valence electrons. The molecule has 0 spiro atoms. The highest BCUT2D eigenvalue weighted by Crippen LogP contribution is 2.33. The normalized spacial score (nSPS) is 15.8. The van der Waals surface area contributed by atoms with E-state index in [4.69, 9.17) is 4.74 Å². The second kappa shape index (κ2) is 9.00. The van der Waals surface area contributed by atoms with E-state index in [1.54, 1.807) is 11.5 Å². The van der Waals surface area contributed by atoms with Crippen LogP contribution in [0.3, 0.4) is 0 Å². The fourth-order valence-corrected chi connectivity index (χ4v) is 6.69. The fourth-order valence-electron chi connectivity index (χ4n) is 4.84. The Morgan fingerprint density at radius 3 is 2.39 bits per heavy atom. The van der Waals surface area contributed by atoms with Gasteiger partial charge in [-0.1, -0.05) is 65.9 Å². The molecule has 5 nitrogen and oxygen atoms in total. The van der Waals surface area contributed by atoms with Gasteiger partial charge in [-0.25, -0.2) is 9.79 Å². The van der Waals surface area contributed by atoms with Gasteiger partial charge in [0, 0.05) is 4.88 Å². The zero-order valence-corrected chi connectivity index (χ0v) is 21.4. The number of thiazole rings is 1. The summed E-state index contributed by atoms with van der Waals surface area (Å²) in [4.78, 5) is 33.1.